The summed E-state index contributed by atoms with van der Waals surface area (Å²) in [6, 6.07) is 0. The van der Waals surface area contributed by atoms with E-state index in [0.717, 1.165) is 6.92 Å². The van der Waals surface area contributed by atoms with Gasteiger partial charge in [0.15, 0.2) is 0 Å². The summed E-state index contributed by atoms with van der Waals surface area (Å²) in [4.78, 5) is 10.9. The minimum atomic E-state index is -3.45. The smallest absolute Gasteiger partial charge is 0.333 e. The second-order valence-corrected chi connectivity index (χ2v) is 4.26. The van der Waals surface area contributed by atoms with Crippen molar-refractivity contribution in [2.45, 2.75) is 51.4 Å². The van der Waals surface area contributed by atoms with Crippen LogP contribution in [-0.2, 0) is 9.53 Å². The molecule has 0 saturated heterocycles. The molecule has 18 heavy (non-hydrogen) atoms. The number of halogens is 4. The van der Waals surface area contributed by atoms with Gasteiger partial charge in [-0.1, -0.05) is 13.5 Å². The second kappa shape index (κ2) is 6.75. The van der Waals surface area contributed by atoms with Gasteiger partial charge in [-0.3, -0.25) is 0 Å². The molecule has 0 saturated carbocycles. The Kier molecular flexibility index (Phi) is 6.35. The van der Waals surface area contributed by atoms with Crippen LogP contribution in [0.15, 0.2) is 12.2 Å². The Labute approximate surface area is 104 Å². The minimum Gasteiger partial charge on any atom is -0.462 e. The van der Waals surface area contributed by atoms with Crippen molar-refractivity contribution in [3.63, 3.8) is 0 Å². The lowest BCUT2D eigenvalue weighted by Gasteiger charge is -2.22. The highest BCUT2D eigenvalue weighted by molar-refractivity contribution is 5.86. The summed E-state index contributed by atoms with van der Waals surface area (Å²) in [7, 11) is 0. The molecule has 6 heteroatoms. The molecule has 0 spiro atoms. The molecule has 0 aliphatic carbocycles. The summed E-state index contributed by atoms with van der Waals surface area (Å²) in [5.41, 5.74) is 0.166. The molecule has 0 aromatic carbocycles. The SMILES string of the molecule is C=C(C)C(=O)OCCCC(F)(F)CC(F)(F)CC. The Bertz CT molecular complexity index is 300. The van der Waals surface area contributed by atoms with E-state index in [9.17, 15) is 22.4 Å². The third-order valence-electron chi connectivity index (χ3n) is 2.30. The second-order valence-electron chi connectivity index (χ2n) is 4.26. The van der Waals surface area contributed by atoms with E-state index in [1.165, 1.54) is 6.92 Å². The van der Waals surface area contributed by atoms with Gasteiger partial charge < -0.3 is 4.74 Å². The van der Waals surface area contributed by atoms with Crippen LogP contribution in [0.5, 0.6) is 0 Å². The van der Waals surface area contributed by atoms with E-state index < -0.39 is 37.1 Å². The Hall–Kier alpha value is -1.07. The van der Waals surface area contributed by atoms with E-state index in [-0.39, 0.29) is 18.6 Å². The fourth-order valence-corrected chi connectivity index (χ4v) is 1.21. The van der Waals surface area contributed by atoms with E-state index in [2.05, 4.69) is 11.3 Å². The molecule has 0 heterocycles. The van der Waals surface area contributed by atoms with Gasteiger partial charge >= 0.3 is 5.97 Å². The van der Waals surface area contributed by atoms with Crippen LogP contribution in [0.25, 0.3) is 0 Å². The van der Waals surface area contributed by atoms with Gasteiger partial charge in [0.25, 0.3) is 11.8 Å². The van der Waals surface area contributed by atoms with Gasteiger partial charge in [0.2, 0.25) is 0 Å². The molecule has 2 nitrogen and oxygen atoms in total. The first-order valence-electron chi connectivity index (χ1n) is 5.68. The van der Waals surface area contributed by atoms with E-state index in [1.807, 2.05) is 0 Å². The van der Waals surface area contributed by atoms with Crippen molar-refractivity contribution in [1.29, 1.82) is 0 Å². The molecule has 0 rings (SSSR count). The lowest BCUT2D eigenvalue weighted by Crippen LogP contribution is -2.28. The van der Waals surface area contributed by atoms with E-state index in [4.69, 9.17) is 0 Å². The zero-order chi connectivity index (χ0) is 14.4. The maximum atomic E-state index is 13.2. The third-order valence-corrected chi connectivity index (χ3v) is 2.30. The van der Waals surface area contributed by atoms with Crippen molar-refractivity contribution in [3.8, 4) is 0 Å². The molecule has 106 valence electrons. The molecule has 0 unspecified atom stereocenters. The van der Waals surface area contributed by atoms with Crippen molar-refractivity contribution in [2.75, 3.05) is 6.61 Å². The average molecular weight is 270 g/mol. The molecule has 0 aliphatic heterocycles. The molecule has 0 amide bonds. The van der Waals surface area contributed by atoms with Crippen LogP contribution in [0.4, 0.5) is 17.6 Å². The first kappa shape index (κ1) is 16.9. The molecular formula is C12H18F4O2. The highest BCUT2D eigenvalue weighted by Crippen LogP contribution is 2.35. The van der Waals surface area contributed by atoms with E-state index in [0.29, 0.717) is 0 Å². The molecule has 0 fully saturated rings. The van der Waals surface area contributed by atoms with E-state index >= 15 is 0 Å². The Morgan fingerprint density at radius 1 is 1.22 bits per heavy atom. The Morgan fingerprint density at radius 3 is 2.22 bits per heavy atom. The minimum absolute atomic E-state index is 0.161. The summed E-state index contributed by atoms with van der Waals surface area (Å²) in [5, 5.41) is 0. The number of alkyl halides is 4. The fraction of sp³-hybridized carbons (Fsp3) is 0.750. The summed E-state index contributed by atoms with van der Waals surface area (Å²) >= 11 is 0. The summed E-state index contributed by atoms with van der Waals surface area (Å²) in [6.45, 7) is 5.68. The maximum Gasteiger partial charge on any atom is 0.333 e. The summed E-state index contributed by atoms with van der Waals surface area (Å²) in [6.07, 6.45) is -2.98. The zero-order valence-corrected chi connectivity index (χ0v) is 10.6. The number of carbonyl (C=O) groups excluding carboxylic acids is 1. The standard InChI is InChI=1S/C12H18F4O2/c1-4-11(13,14)8-12(15,16)6-5-7-18-10(17)9(2)3/h2,4-8H2,1,3H3. The molecule has 0 atom stereocenters. The summed E-state index contributed by atoms with van der Waals surface area (Å²) in [5.74, 6) is -7.48. The number of esters is 1. The quantitative estimate of drug-likeness (QED) is 0.289. The van der Waals surface area contributed by atoms with Gasteiger partial charge in [-0.05, 0) is 13.3 Å². The Balaban J connectivity index is 3.98. The van der Waals surface area contributed by atoms with Crippen molar-refractivity contribution in [3.05, 3.63) is 12.2 Å². The molecule has 0 aliphatic rings. The summed E-state index contributed by atoms with van der Waals surface area (Å²) < 4.78 is 56.5. The third kappa shape index (κ3) is 7.29. The van der Waals surface area contributed by atoms with Gasteiger partial charge in [0, 0.05) is 18.4 Å². The lowest BCUT2D eigenvalue weighted by atomic mass is 10.0. The number of rotatable bonds is 8. The molecular weight excluding hydrogens is 252 g/mol. The number of ether oxygens (including phenoxy) is 1. The normalized spacial score (nSPS) is 12.3. The lowest BCUT2D eigenvalue weighted by molar-refractivity contribution is -0.141. The first-order chi connectivity index (χ1) is 8.09. The van der Waals surface area contributed by atoms with Crippen LogP contribution in [0.3, 0.4) is 0 Å². The van der Waals surface area contributed by atoms with Crippen molar-refractivity contribution < 1.29 is 27.1 Å². The zero-order valence-electron chi connectivity index (χ0n) is 10.6. The maximum absolute atomic E-state index is 13.2. The topological polar surface area (TPSA) is 26.3 Å². The van der Waals surface area contributed by atoms with Crippen molar-refractivity contribution >= 4 is 5.97 Å². The molecule has 0 N–H and O–H groups in total. The molecule has 0 aromatic rings. The predicted octanol–water partition coefficient (Wildman–Crippen LogP) is 3.96. The van der Waals surface area contributed by atoms with Gasteiger partial charge in [-0.25, -0.2) is 22.4 Å². The van der Waals surface area contributed by atoms with Crippen LogP contribution < -0.4 is 0 Å². The number of carbonyl (C=O) groups is 1. The average Bonchev–Trinajstić information content (AvgIpc) is 2.22. The largest absolute Gasteiger partial charge is 0.462 e. The molecule has 0 aromatic heterocycles. The van der Waals surface area contributed by atoms with Crippen LogP contribution in [-0.4, -0.2) is 24.4 Å². The predicted molar refractivity (Wildman–Crippen MR) is 59.8 cm³/mol. The van der Waals surface area contributed by atoms with Crippen LogP contribution in [0.1, 0.15) is 39.5 Å². The van der Waals surface area contributed by atoms with Crippen LogP contribution >= 0.6 is 0 Å². The Morgan fingerprint density at radius 2 is 1.78 bits per heavy atom. The van der Waals surface area contributed by atoms with Crippen LogP contribution in [0, 0.1) is 0 Å². The van der Waals surface area contributed by atoms with Gasteiger partial charge in [-0.15, -0.1) is 0 Å². The highest BCUT2D eigenvalue weighted by Gasteiger charge is 2.41. The number of hydrogen-bond donors (Lipinski definition) is 0. The monoisotopic (exact) mass is 270 g/mol. The van der Waals surface area contributed by atoms with Crippen molar-refractivity contribution in [1.82, 2.24) is 0 Å². The number of hydrogen-bond acceptors (Lipinski definition) is 2. The van der Waals surface area contributed by atoms with Crippen molar-refractivity contribution in [2.24, 2.45) is 0 Å². The van der Waals surface area contributed by atoms with Gasteiger partial charge in [0.1, 0.15) is 0 Å². The van der Waals surface area contributed by atoms with E-state index in [1.54, 1.807) is 0 Å². The fourth-order valence-electron chi connectivity index (χ4n) is 1.21. The van der Waals surface area contributed by atoms with Gasteiger partial charge in [0.05, 0.1) is 13.0 Å². The highest BCUT2D eigenvalue weighted by atomic mass is 19.3. The van der Waals surface area contributed by atoms with Gasteiger partial charge in [-0.2, -0.15) is 0 Å². The molecule has 0 radical (unpaired) electrons. The molecule has 0 bridgehead atoms. The first-order valence-corrected chi connectivity index (χ1v) is 5.68. The van der Waals surface area contributed by atoms with Crippen LogP contribution in [0.2, 0.25) is 0 Å².